The highest BCUT2D eigenvalue weighted by Crippen LogP contribution is 2.56. The van der Waals surface area contributed by atoms with Crippen molar-refractivity contribution in [1.29, 1.82) is 0 Å². The summed E-state index contributed by atoms with van der Waals surface area (Å²) >= 11 is 0. The molecule has 2 aromatic rings. The second-order valence-corrected chi connectivity index (χ2v) is 14.3. The first-order valence-electron chi connectivity index (χ1n) is 12.5. The van der Waals surface area contributed by atoms with E-state index in [2.05, 4.69) is 86.6 Å². The third-order valence-corrected chi connectivity index (χ3v) is 10.4. The molecular weight excluding hydrogens is 423 g/mol. The lowest BCUT2D eigenvalue weighted by molar-refractivity contribution is -0.119. The number of hydrogen-bond donors (Lipinski definition) is 0. The van der Waals surface area contributed by atoms with E-state index in [0.29, 0.717) is 36.4 Å². The van der Waals surface area contributed by atoms with Gasteiger partial charge in [-0.2, -0.15) is 0 Å². The second-order valence-electron chi connectivity index (χ2n) is 11.3. The first kappa shape index (κ1) is 26.0. The summed E-state index contributed by atoms with van der Waals surface area (Å²) in [6, 6.07) is 9.56. The monoisotopic (exact) mass is 466 g/mol. The van der Waals surface area contributed by atoms with Gasteiger partial charge in [0.15, 0.2) is 0 Å². The summed E-state index contributed by atoms with van der Waals surface area (Å²) < 4.78 is 5.81. The highest BCUT2D eigenvalue weighted by molar-refractivity contribution is 7.67. The maximum absolute atomic E-state index is 12.4. The second kappa shape index (κ2) is 9.91. The fourth-order valence-electron chi connectivity index (χ4n) is 5.24. The molecule has 1 saturated heterocycles. The number of carbonyl (C=O) groups is 1. The molecule has 1 fully saturated rings. The van der Waals surface area contributed by atoms with Crippen molar-refractivity contribution in [3.63, 3.8) is 0 Å². The molecule has 180 valence electrons. The van der Waals surface area contributed by atoms with Crippen LogP contribution in [0.25, 0.3) is 11.1 Å². The van der Waals surface area contributed by atoms with Crippen LogP contribution in [0.2, 0.25) is 0 Å². The summed E-state index contributed by atoms with van der Waals surface area (Å²) in [6.07, 6.45) is 2.35. The zero-order valence-corrected chi connectivity index (χ0v) is 23.3. The van der Waals surface area contributed by atoms with E-state index in [1.807, 2.05) is 0 Å². The van der Waals surface area contributed by atoms with E-state index in [0.717, 1.165) is 11.9 Å². The number of hydrogen-bond acceptors (Lipinski definition) is 2. The van der Waals surface area contributed by atoms with Crippen LogP contribution in [0.3, 0.4) is 0 Å². The number of aryl methyl sites for hydroxylation is 1. The molecular formula is C30H43O2P. The molecule has 2 nitrogen and oxygen atoms in total. The molecule has 1 aliphatic heterocycles. The maximum atomic E-state index is 12.4. The lowest BCUT2D eigenvalue weighted by Gasteiger charge is -2.40. The minimum atomic E-state index is -0.500. The molecule has 1 unspecified atom stereocenters. The van der Waals surface area contributed by atoms with Crippen LogP contribution >= 0.6 is 7.92 Å². The molecule has 0 aromatic heterocycles. The first-order valence-corrected chi connectivity index (χ1v) is 14.1. The fourth-order valence-corrected chi connectivity index (χ4v) is 8.32. The summed E-state index contributed by atoms with van der Waals surface area (Å²) in [6.45, 7) is 20.6. The van der Waals surface area contributed by atoms with Crippen molar-refractivity contribution >= 4 is 19.0 Å². The van der Waals surface area contributed by atoms with E-state index in [1.165, 1.54) is 38.7 Å². The van der Waals surface area contributed by atoms with Crippen molar-refractivity contribution in [1.82, 2.24) is 0 Å². The Hall–Kier alpha value is -1.66. The number of methoxy groups -OCH3 is 1. The van der Waals surface area contributed by atoms with Crippen molar-refractivity contribution in [2.24, 2.45) is 0 Å². The van der Waals surface area contributed by atoms with Crippen molar-refractivity contribution in [3.8, 4) is 16.9 Å². The van der Waals surface area contributed by atoms with E-state index in [9.17, 15) is 4.79 Å². The van der Waals surface area contributed by atoms with E-state index in [1.54, 1.807) is 7.11 Å². The zero-order chi connectivity index (χ0) is 24.7. The Morgan fingerprint density at radius 3 is 1.94 bits per heavy atom. The Morgan fingerprint density at radius 2 is 1.48 bits per heavy atom. The van der Waals surface area contributed by atoms with Gasteiger partial charge in [-0.15, -0.1) is 0 Å². The van der Waals surface area contributed by atoms with Crippen molar-refractivity contribution in [2.75, 3.05) is 13.3 Å². The molecule has 0 radical (unpaired) electrons. The van der Waals surface area contributed by atoms with Crippen molar-refractivity contribution in [2.45, 2.75) is 98.1 Å². The van der Waals surface area contributed by atoms with Gasteiger partial charge in [0.1, 0.15) is 11.5 Å². The predicted molar refractivity (Wildman–Crippen MR) is 145 cm³/mol. The summed E-state index contributed by atoms with van der Waals surface area (Å²) in [5.74, 6) is 2.73. The van der Waals surface area contributed by atoms with E-state index in [-0.39, 0.29) is 5.16 Å². The van der Waals surface area contributed by atoms with Crippen molar-refractivity contribution < 1.29 is 9.53 Å². The van der Waals surface area contributed by atoms with E-state index < -0.39 is 7.92 Å². The smallest absolute Gasteiger partial charge is 0.134 e. The predicted octanol–water partition coefficient (Wildman–Crippen LogP) is 8.29. The Labute approximate surface area is 203 Å². The Bertz CT molecular complexity index is 1000. The molecule has 1 aliphatic rings. The van der Waals surface area contributed by atoms with Gasteiger partial charge in [-0.05, 0) is 86.8 Å². The number of carbonyl (C=O) groups excluding carboxylic acids is 1. The molecule has 3 heteroatoms. The van der Waals surface area contributed by atoms with Crippen LogP contribution in [0, 0.1) is 6.92 Å². The van der Waals surface area contributed by atoms with Crippen molar-refractivity contribution in [3.05, 3.63) is 46.5 Å². The molecule has 2 aromatic carbocycles. The Morgan fingerprint density at radius 1 is 0.909 bits per heavy atom. The molecule has 3 rings (SSSR count). The third-order valence-electron chi connectivity index (χ3n) is 7.18. The minimum Gasteiger partial charge on any atom is -0.496 e. The van der Waals surface area contributed by atoms with Crippen LogP contribution in [-0.2, 0) is 4.79 Å². The van der Waals surface area contributed by atoms with Crippen LogP contribution in [0.4, 0.5) is 0 Å². The zero-order valence-electron chi connectivity index (χ0n) is 22.4. The number of rotatable bonds is 6. The van der Waals surface area contributed by atoms with Gasteiger partial charge in [-0.25, -0.2) is 0 Å². The van der Waals surface area contributed by atoms with E-state index >= 15 is 0 Å². The third kappa shape index (κ3) is 5.22. The lowest BCUT2D eigenvalue weighted by Crippen LogP contribution is -2.33. The molecule has 33 heavy (non-hydrogen) atoms. The largest absolute Gasteiger partial charge is 0.496 e. The number of ketones is 1. The molecule has 1 heterocycles. The van der Waals surface area contributed by atoms with Crippen LogP contribution in [-0.4, -0.2) is 24.2 Å². The quantitative estimate of drug-likeness (QED) is 0.400. The van der Waals surface area contributed by atoms with Gasteiger partial charge < -0.3 is 4.74 Å². The Kier molecular flexibility index (Phi) is 7.79. The summed E-state index contributed by atoms with van der Waals surface area (Å²) in [5, 5.41) is 1.40. The maximum Gasteiger partial charge on any atom is 0.134 e. The fraction of sp³-hybridized carbons (Fsp3) is 0.567. The molecule has 0 N–H and O–H groups in total. The number of ether oxygens (including phenoxy) is 1. The van der Waals surface area contributed by atoms with Crippen LogP contribution < -0.4 is 10.0 Å². The normalized spacial score (nSPS) is 18.5. The average molecular weight is 467 g/mol. The molecule has 0 saturated carbocycles. The highest BCUT2D eigenvalue weighted by atomic mass is 31.1. The van der Waals surface area contributed by atoms with Crippen LogP contribution in [0.5, 0.6) is 5.75 Å². The topological polar surface area (TPSA) is 26.3 Å². The standard InChI is InChI=1S/C30H43O2P/c1-18(2)22-14-24(19(3)4)29(25(15-22)20(5)6)26-13-21(7)27(32-10)16-28(26)33-12-11-23(31)17-30(33,8)9/h13-16,18-20H,11-12,17H2,1-10H3. The first-order chi connectivity index (χ1) is 15.4. The summed E-state index contributed by atoms with van der Waals surface area (Å²) in [7, 11) is 1.27. The van der Waals surface area contributed by atoms with Gasteiger partial charge in [0.25, 0.3) is 0 Å². The Balaban J connectivity index is 2.40. The molecule has 1 atom stereocenters. The van der Waals surface area contributed by atoms with E-state index in [4.69, 9.17) is 4.74 Å². The minimum absolute atomic E-state index is 0.00640. The van der Waals surface area contributed by atoms with Gasteiger partial charge in [0, 0.05) is 12.8 Å². The summed E-state index contributed by atoms with van der Waals surface area (Å²) in [4.78, 5) is 12.4. The van der Waals surface area contributed by atoms with Gasteiger partial charge in [0.05, 0.1) is 7.11 Å². The lowest BCUT2D eigenvalue weighted by atomic mass is 9.81. The average Bonchev–Trinajstić information content (AvgIpc) is 2.72. The summed E-state index contributed by atoms with van der Waals surface area (Å²) in [5.41, 5.74) is 8.26. The van der Waals surface area contributed by atoms with Gasteiger partial charge >= 0.3 is 0 Å². The van der Waals surface area contributed by atoms with Crippen LogP contribution in [0.1, 0.15) is 108 Å². The SMILES string of the molecule is COc1cc(P2CCC(=O)CC2(C)C)c(-c2c(C(C)C)cc(C(C)C)cc2C(C)C)cc1C. The van der Waals surface area contributed by atoms with Gasteiger partial charge in [-0.3, -0.25) is 4.79 Å². The van der Waals surface area contributed by atoms with Gasteiger partial charge in [-0.1, -0.05) is 75.4 Å². The van der Waals surface area contributed by atoms with Crippen LogP contribution in [0.15, 0.2) is 24.3 Å². The van der Waals surface area contributed by atoms with Gasteiger partial charge in [0.2, 0.25) is 0 Å². The molecule has 0 amide bonds. The molecule has 0 aliphatic carbocycles. The number of benzene rings is 2. The number of Topliss-reactive ketones (excluding diaryl/α,β-unsaturated/α-hetero) is 1. The molecule has 0 bridgehead atoms. The molecule has 0 spiro atoms. The highest BCUT2D eigenvalue weighted by Gasteiger charge is 2.38.